The lowest BCUT2D eigenvalue weighted by atomic mass is 10.2. The summed E-state index contributed by atoms with van der Waals surface area (Å²) in [6.45, 7) is 4.59. The largest absolute Gasteiger partial charge is 0.497 e. The van der Waals surface area contributed by atoms with Crippen molar-refractivity contribution in [3.63, 3.8) is 0 Å². The van der Waals surface area contributed by atoms with Gasteiger partial charge in [0.1, 0.15) is 29.4 Å². The lowest BCUT2D eigenvalue weighted by Crippen LogP contribution is -2.26. The van der Waals surface area contributed by atoms with E-state index in [1.165, 1.54) is 0 Å². The third-order valence-electron chi connectivity index (χ3n) is 4.54. The number of para-hydroxylation sites is 1. The van der Waals surface area contributed by atoms with Crippen molar-refractivity contribution in [2.24, 2.45) is 0 Å². The van der Waals surface area contributed by atoms with E-state index in [1.54, 1.807) is 24.7 Å². The fourth-order valence-electron chi connectivity index (χ4n) is 2.97. The number of rotatable bonds is 7. The van der Waals surface area contributed by atoms with Gasteiger partial charge in [0.2, 0.25) is 11.4 Å². The zero-order valence-corrected chi connectivity index (χ0v) is 17.4. The molecular formula is C22H23N3O3S. The van der Waals surface area contributed by atoms with Gasteiger partial charge in [-0.25, -0.2) is 0 Å². The predicted molar refractivity (Wildman–Crippen MR) is 113 cm³/mol. The Hall–Kier alpha value is -3.06. The van der Waals surface area contributed by atoms with E-state index < -0.39 is 0 Å². The molecule has 0 aliphatic carbocycles. The van der Waals surface area contributed by atoms with Gasteiger partial charge in [-0.15, -0.1) is 10.2 Å². The monoisotopic (exact) mass is 409 g/mol. The van der Waals surface area contributed by atoms with E-state index in [2.05, 4.69) is 24.0 Å². The predicted octanol–water partition coefficient (Wildman–Crippen LogP) is 5.13. The van der Waals surface area contributed by atoms with Crippen molar-refractivity contribution >= 4 is 16.5 Å². The smallest absolute Gasteiger partial charge is 0.215 e. The van der Waals surface area contributed by atoms with Crippen LogP contribution in [-0.2, 0) is 4.74 Å². The highest BCUT2D eigenvalue weighted by molar-refractivity contribution is 7.15. The number of hydrogen-bond acceptors (Lipinski definition) is 7. The average Bonchev–Trinajstić information content (AvgIpc) is 3.40. The second-order valence-corrected chi connectivity index (χ2v) is 7.91. The Morgan fingerprint density at radius 3 is 2.45 bits per heavy atom. The molecule has 0 saturated carbocycles. The maximum absolute atomic E-state index is 6.03. The first-order chi connectivity index (χ1) is 14.2. The van der Waals surface area contributed by atoms with E-state index in [0.29, 0.717) is 12.5 Å². The van der Waals surface area contributed by atoms with Crippen LogP contribution in [0.25, 0.3) is 0 Å². The summed E-state index contributed by atoms with van der Waals surface area (Å²) < 4.78 is 17.3. The van der Waals surface area contributed by atoms with Crippen LogP contribution in [0, 0.1) is 0 Å². The summed E-state index contributed by atoms with van der Waals surface area (Å²) in [6, 6.07) is 17.6. The molecule has 1 aromatic heterocycles. The lowest BCUT2D eigenvalue weighted by Gasteiger charge is -2.25. The van der Waals surface area contributed by atoms with Gasteiger partial charge in [-0.1, -0.05) is 43.4 Å². The summed E-state index contributed by atoms with van der Waals surface area (Å²) in [7, 11) is 1.66. The second kappa shape index (κ2) is 8.53. The van der Waals surface area contributed by atoms with E-state index in [0.717, 1.165) is 32.9 Å². The Bertz CT molecular complexity index is 970. The molecule has 7 heteroatoms. The number of benzene rings is 2. The Balaban J connectivity index is 1.61. The van der Waals surface area contributed by atoms with Crippen molar-refractivity contribution < 1.29 is 14.2 Å². The molecular weight excluding hydrogens is 386 g/mol. The normalized spacial score (nSPS) is 15.9. The highest BCUT2D eigenvalue weighted by Gasteiger charge is 2.33. The molecule has 0 bridgehead atoms. The quantitative estimate of drug-likeness (QED) is 0.539. The number of hydrogen-bond donors (Lipinski definition) is 0. The van der Waals surface area contributed by atoms with Crippen LogP contribution in [0.4, 0.5) is 5.13 Å². The van der Waals surface area contributed by atoms with Gasteiger partial charge < -0.3 is 14.2 Å². The SMILES string of the molecule is COc1ccc(C2OC=C(COc3ccccc3)N2c2nnc(C(C)C)s2)cc1. The van der Waals surface area contributed by atoms with E-state index >= 15 is 0 Å². The maximum Gasteiger partial charge on any atom is 0.215 e. The molecule has 0 fully saturated rings. The van der Waals surface area contributed by atoms with Crippen LogP contribution in [0.2, 0.25) is 0 Å². The van der Waals surface area contributed by atoms with Crippen LogP contribution < -0.4 is 14.4 Å². The minimum Gasteiger partial charge on any atom is -0.497 e. The number of aromatic nitrogens is 2. The van der Waals surface area contributed by atoms with E-state index in [1.807, 2.05) is 59.5 Å². The number of anilines is 1. The van der Waals surface area contributed by atoms with Gasteiger partial charge in [0.25, 0.3) is 0 Å². The third-order valence-corrected chi connectivity index (χ3v) is 5.76. The Labute approximate surface area is 174 Å². The van der Waals surface area contributed by atoms with Crippen LogP contribution in [0.3, 0.4) is 0 Å². The van der Waals surface area contributed by atoms with Gasteiger partial charge >= 0.3 is 0 Å². The van der Waals surface area contributed by atoms with Gasteiger partial charge in [-0.2, -0.15) is 0 Å². The first-order valence-electron chi connectivity index (χ1n) is 9.44. The molecule has 150 valence electrons. The van der Waals surface area contributed by atoms with Crippen molar-refractivity contribution in [2.45, 2.75) is 26.0 Å². The summed E-state index contributed by atoms with van der Waals surface area (Å²) in [5.41, 5.74) is 1.89. The molecule has 1 atom stereocenters. The average molecular weight is 410 g/mol. The van der Waals surface area contributed by atoms with E-state index in [4.69, 9.17) is 14.2 Å². The highest BCUT2D eigenvalue weighted by Crippen LogP contribution is 2.39. The van der Waals surface area contributed by atoms with Gasteiger partial charge in [0, 0.05) is 11.5 Å². The number of nitrogens with zero attached hydrogens (tertiary/aromatic N) is 3. The summed E-state index contributed by atoms with van der Waals surface area (Å²) in [6.07, 6.45) is 1.41. The molecule has 1 unspecified atom stereocenters. The lowest BCUT2D eigenvalue weighted by molar-refractivity contribution is 0.174. The molecule has 4 rings (SSSR count). The highest BCUT2D eigenvalue weighted by atomic mass is 32.1. The Kier molecular flexibility index (Phi) is 5.67. The third kappa shape index (κ3) is 4.19. The van der Waals surface area contributed by atoms with Crippen LogP contribution in [0.15, 0.2) is 66.6 Å². The number of methoxy groups -OCH3 is 1. The van der Waals surface area contributed by atoms with Crippen LogP contribution in [0.1, 0.15) is 36.6 Å². The first-order valence-corrected chi connectivity index (χ1v) is 10.3. The molecule has 0 N–H and O–H groups in total. The molecule has 0 spiro atoms. The van der Waals surface area contributed by atoms with Crippen molar-refractivity contribution in [1.82, 2.24) is 10.2 Å². The second-order valence-electron chi connectivity index (χ2n) is 6.92. The van der Waals surface area contributed by atoms with E-state index in [-0.39, 0.29) is 6.23 Å². The van der Waals surface area contributed by atoms with Crippen molar-refractivity contribution in [2.75, 3.05) is 18.6 Å². The molecule has 0 amide bonds. The van der Waals surface area contributed by atoms with Crippen LogP contribution >= 0.6 is 11.3 Å². The summed E-state index contributed by atoms with van der Waals surface area (Å²) in [4.78, 5) is 2.05. The molecule has 0 saturated heterocycles. The topological polar surface area (TPSA) is 56.7 Å². The number of ether oxygens (including phenoxy) is 3. The minimum atomic E-state index is -0.330. The molecule has 29 heavy (non-hydrogen) atoms. The molecule has 2 heterocycles. The molecule has 1 aliphatic rings. The van der Waals surface area contributed by atoms with Crippen LogP contribution in [0.5, 0.6) is 11.5 Å². The zero-order chi connectivity index (χ0) is 20.2. The molecule has 6 nitrogen and oxygen atoms in total. The summed E-state index contributed by atoms with van der Waals surface area (Å²) in [5, 5.41) is 10.6. The van der Waals surface area contributed by atoms with E-state index in [9.17, 15) is 0 Å². The Morgan fingerprint density at radius 1 is 1.03 bits per heavy atom. The minimum absolute atomic E-state index is 0.317. The first kappa shape index (κ1) is 19.3. The summed E-state index contributed by atoms with van der Waals surface area (Å²) >= 11 is 1.57. The Morgan fingerprint density at radius 2 is 1.79 bits per heavy atom. The molecule has 0 radical (unpaired) electrons. The van der Waals surface area contributed by atoms with Crippen molar-refractivity contribution in [1.29, 1.82) is 0 Å². The maximum atomic E-state index is 6.03. The zero-order valence-electron chi connectivity index (χ0n) is 16.6. The van der Waals surface area contributed by atoms with Crippen molar-refractivity contribution in [3.05, 3.63) is 77.1 Å². The summed E-state index contributed by atoms with van der Waals surface area (Å²) in [5.74, 6) is 1.93. The fourth-order valence-corrected chi connectivity index (χ4v) is 3.86. The standard InChI is InChI=1S/C22H23N3O3S/c1-15(2)20-23-24-22(29-20)25-17(13-27-19-7-5-4-6-8-19)14-28-21(25)16-9-11-18(26-3)12-10-16/h4-12,14-15,21H,13H2,1-3H3. The van der Waals surface area contributed by atoms with Gasteiger partial charge in [-0.3, -0.25) is 4.90 Å². The molecule has 3 aromatic rings. The van der Waals surface area contributed by atoms with Crippen molar-refractivity contribution in [3.8, 4) is 11.5 Å². The molecule has 2 aromatic carbocycles. The fraction of sp³-hybridized carbons (Fsp3) is 0.273. The van der Waals surface area contributed by atoms with Crippen LogP contribution in [-0.4, -0.2) is 23.9 Å². The van der Waals surface area contributed by atoms with Gasteiger partial charge in [0.15, 0.2) is 0 Å². The molecule has 1 aliphatic heterocycles. The van der Waals surface area contributed by atoms with Gasteiger partial charge in [-0.05, 0) is 36.4 Å². The van der Waals surface area contributed by atoms with Gasteiger partial charge in [0.05, 0.1) is 12.8 Å².